The van der Waals surface area contributed by atoms with Crippen LogP contribution in [0.3, 0.4) is 0 Å². The molecule has 2 N–H and O–H groups in total. The molecule has 2 atom stereocenters. The Morgan fingerprint density at radius 1 is 1.44 bits per heavy atom. The van der Waals surface area contributed by atoms with E-state index in [0.29, 0.717) is 18.4 Å². The van der Waals surface area contributed by atoms with E-state index < -0.39 is 0 Å². The Morgan fingerprint density at radius 2 is 2.22 bits per heavy atom. The van der Waals surface area contributed by atoms with Crippen LogP contribution >= 0.6 is 0 Å². The highest BCUT2D eigenvalue weighted by molar-refractivity contribution is 6.05. The van der Waals surface area contributed by atoms with Crippen LogP contribution < -0.4 is 10.6 Å². The van der Waals surface area contributed by atoms with Crippen molar-refractivity contribution in [3.05, 3.63) is 0 Å². The van der Waals surface area contributed by atoms with E-state index in [4.69, 9.17) is 0 Å². The van der Waals surface area contributed by atoms with Gasteiger partial charge in [0.05, 0.1) is 12.5 Å². The van der Waals surface area contributed by atoms with Crippen molar-refractivity contribution in [2.75, 3.05) is 19.6 Å². The molecule has 0 aromatic rings. The first kappa shape index (κ1) is 13.5. The van der Waals surface area contributed by atoms with Crippen LogP contribution in [0.4, 0.5) is 0 Å². The van der Waals surface area contributed by atoms with E-state index in [9.17, 15) is 9.59 Å². The summed E-state index contributed by atoms with van der Waals surface area (Å²) in [6.07, 6.45) is 2.66. The van der Waals surface area contributed by atoms with Crippen LogP contribution in [0.25, 0.3) is 0 Å². The topological polar surface area (TPSA) is 61.4 Å². The summed E-state index contributed by atoms with van der Waals surface area (Å²) in [6.45, 7) is 7.14. The Morgan fingerprint density at radius 3 is 2.83 bits per heavy atom. The van der Waals surface area contributed by atoms with Crippen molar-refractivity contribution in [3.63, 3.8) is 0 Å². The quantitative estimate of drug-likeness (QED) is 0.698. The second-order valence-electron chi connectivity index (χ2n) is 5.70. The zero-order valence-electron chi connectivity index (χ0n) is 11.2. The van der Waals surface area contributed by atoms with Crippen LogP contribution in [0.1, 0.15) is 33.1 Å². The van der Waals surface area contributed by atoms with Gasteiger partial charge in [-0.1, -0.05) is 13.8 Å². The van der Waals surface area contributed by atoms with E-state index >= 15 is 0 Å². The maximum atomic E-state index is 11.7. The van der Waals surface area contributed by atoms with Gasteiger partial charge in [-0.2, -0.15) is 0 Å². The average molecular weight is 253 g/mol. The highest BCUT2D eigenvalue weighted by Gasteiger charge is 2.37. The fourth-order valence-electron chi connectivity index (χ4n) is 2.78. The predicted octanol–water partition coefficient (Wildman–Crippen LogP) is 0.112. The lowest BCUT2D eigenvalue weighted by Crippen LogP contribution is -2.48. The van der Waals surface area contributed by atoms with E-state index in [1.165, 1.54) is 6.42 Å². The Balaban J connectivity index is 1.86. The van der Waals surface area contributed by atoms with Gasteiger partial charge in [0.15, 0.2) is 0 Å². The van der Waals surface area contributed by atoms with Crippen LogP contribution in [0.15, 0.2) is 0 Å². The molecule has 0 radical (unpaired) electrons. The second kappa shape index (κ2) is 5.80. The minimum atomic E-state index is -0.223. The van der Waals surface area contributed by atoms with Gasteiger partial charge >= 0.3 is 0 Å². The van der Waals surface area contributed by atoms with Crippen LogP contribution in [0.5, 0.6) is 0 Å². The molecule has 2 aliphatic rings. The Kier molecular flexibility index (Phi) is 4.35. The standard InChI is InChI=1S/C13H23N3O2/c1-9(2)14-7-10-4-3-5-16(8-10)11-6-12(17)15-13(11)18/h9-11,14H,3-8H2,1-2H3,(H,15,17,18). The summed E-state index contributed by atoms with van der Waals surface area (Å²) in [5.74, 6) is 0.342. The number of piperidine rings is 1. The molecule has 0 aliphatic carbocycles. The number of carbonyl (C=O) groups excluding carboxylic acids is 2. The molecule has 5 nitrogen and oxygen atoms in total. The summed E-state index contributed by atoms with van der Waals surface area (Å²) in [5, 5.41) is 5.85. The molecular weight excluding hydrogens is 230 g/mol. The fraction of sp³-hybridized carbons (Fsp3) is 0.846. The van der Waals surface area contributed by atoms with Gasteiger partial charge in [-0.15, -0.1) is 0 Å². The van der Waals surface area contributed by atoms with Gasteiger partial charge in [0, 0.05) is 12.6 Å². The Bertz CT molecular complexity index is 330. The van der Waals surface area contributed by atoms with Crippen LogP contribution in [-0.4, -0.2) is 48.4 Å². The minimum Gasteiger partial charge on any atom is -0.314 e. The van der Waals surface area contributed by atoms with Gasteiger partial charge in [-0.3, -0.25) is 19.8 Å². The molecule has 0 aromatic heterocycles. The third-order valence-electron chi connectivity index (χ3n) is 3.75. The van der Waals surface area contributed by atoms with E-state index in [0.717, 1.165) is 26.1 Å². The molecule has 0 aromatic carbocycles. The van der Waals surface area contributed by atoms with Gasteiger partial charge in [0.1, 0.15) is 0 Å². The van der Waals surface area contributed by atoms with Crippen molar-refractivity contribution in [3.8, 4) is 0 Å². The Hall–Kier alpha value is -0.940. The van der Waals surface area contributed by atoms with Crippen LogP contribution in [0.2, 0.25) is 0 Å². The SMILES string of the molecule is CC(C)NCC1CCCN(C2CC(=O)NC2=O)C1. The van der Waals surface area contributed by atoms with Crippen molar-refractivity contribution in [2.45, 2.75) is 45.2 Å². The van der Waals surface area contributed by atoms with Gasteiger partial charge in [0.25, 0.3) is 0 Å². The normalized spacial score (nSPS) is 29.9. The van der Waals surface area contributed by atoms with E-state index in [1.807, 2.05) is 0 Å². The number of rotatable bonds is 4. The highest BCUT2D eigenvalue weighted by atomic mass is 16.2. The summed E-state index contributed by atoms with van der Waals surface area (Å²) in [5.41, 5.74) is 0. The smallest absolute Gasteiger partial charge is 0.244 e. The zero-order valence-corrected chi connectivity index (χ0v) is 11.2. The monoisotopic (exact) mass is 253 g/mol. The summed E-state index contributed by atoms with van der Waals surface area (Å²) in [7, 11) is 0. The van der Waals surface area contributed by atoms with Crippen molar-refractivity contribution < 1.29 is 9.59 Å². The van der Waals surface area contributed by atoms with Crippen molar-refractivity contribution in [1.29, 1.82) is 0 Å². The van der Waals surface area contributed by atoms with E-state index in [2.05, 4.69) is 29.4 Å². The molecule has 18 heavy (non-hydrogen) atoms. The zero-order chi connectivity index (χ0) is 13.1. The van der Waals surface area contributed by atoms with Crippen molar-refractivity contribution in [2.24, 2.45) is 5.92 Å². The number of hydrogen-bond donors (Lipinski definition) is 2. The number of hydrogen-bond acceptors (Lipinski definition) is 4. The minimum absolute atomic E-state index is 0.113. The number of amides is 2. The maximum absolute atomic E-state index is 11.7. The van der Waals surface area contributed by atoms with Crippen LogP contribution in [0, 0.1) is 5.92 Å². The molecule has 2 aliphatic heterocycles. The summed E-state index contributed by atoms with van der Waals surface area (Å²) < 4.78 is 0. The molecule has 102 valence electrons. The first-order valence-corrected chi connectivity index (χ1v) is 6.87. The first-order valence-electron chi connectivity index (χ1n) is 6.87. The summed E-state index contributed by atoms with van der Waals surface area (Å²) in [4.78, 5) is 25.1. The molecule has 2 fully saturated rings. The molecule has 2 rings (SSSR count). The number of nitrogens with zero attached hydrogens (tertiary/aromatic N) is 1. The molecule has 2 amide bonds. The second-order valence-corrected chi connectivity index (χ2v) is 5.70. The summed E-state index contributed by atoms with van der Waals surface area (Å²) >= 11 is 0. The largest absolute Gasteiger partial charge is 0.314 e. The van der Waals surface area contributed by atoms with E-state index in [1.54, 1.807) is 0 Å². The number of carbonyl (C=O) groups is 2. The third kappa shape index (κ3) is 3.29. The molecule has 5 heteroatoms. The maximum Gasteiger partial charge on any atom is 0.244 e. The number of likely N-dealkylation sites (tertiary alicyclic amines) is 1. The lowest BCUT2D eigenvalue weighted by atomic mass is 9.96. The highest BCUT2D eigenvalue weighted by Crippen LogP contribution is 2.21. The molecule has 0 saturated carbocycles. The van der Waals surface area contributed by atoms with Crippen LogP contribution in [-0.2, 0) is 9.59 Å². The van der Waals surface area contributed by atoms with Gasteiger partial charge in [0.2, 0.25) is 11.8 Å². The lowest BCUT2D eigenvalue weighted by Gasteiger charge is -2.35. The fourth-order valence-corrected chi connectivity index (χ4v) is 2.78. The lowest BCUT2D eigenvalue weighted by molar-refractivity contribution is -0.126. The van der Waals surface area contributed by atoms with Crippen molar-refractivity contribution in [1.82, 2.24) is 15.5 Å². The van der Waals surface area contributed by atoms with Gasteiger partial charge < -0.3 is 5.32 Å². The average Bonchev–Trinajstić information content (AvgIpc) is 2.66. The summed E-state index contributed by atoms with van der Waals surface area (Å²) in [6, 6.07) is 0.274. The molecule has 2 heterocycles. The molecule has 2 saturated heterocycles. The number of imide groups is 1. The van der Waals surface area contributed by atoms with Gasteiger partial charge in [-0.25, -0.2) is 0 Å². The number of nitrogens with one attached hydrogen (secondary N) is 2. The first-order chi connectivity index (χ1) is 8.56. The molecular formula is C13H23N3O2. The molecule has 2 unspecified atom stereocenters. The van der Waals surface area contributed by atoms with Crippen molar-refractivity contribution >= 4 is 11.8 Å². The third-order valence-corrected chi connectivity index (χ3v) is 3.75. The predicted molar refractivity (Wildman–Crippen MR) is 69.0 cm³/mol. The molecule has 0 bridgehead atoms. The van der Waals surface area contributed by atoms with E-state index in [-0.39, 0.29) is 17.9 Å². The van der Waals surface area contributed by atoms with Gasteiger partial charge in [-0.05, 0) is 31.8 Å². The molecule has 0 spiro atoms. The Labute approximate surface area is 108 Å².